The number of rotatable bonds is 3. The molecule has 3 aliphatic heterocycles. The van der Waals surface area contributed by atoms with Crippen molar-refractivity contribution in [3.05, 3.63) is 46.2 Å². The Bertz CT molecular complexity index is 946. The Morgan fingerprint density at radius 1 is 0.938 bits per heavy atom. The molecule has 0 radical (unpaired) electrons. The van der Waals surface area contributed by atoms with Crippen LogP contribution in [-0.4, -0.2) is 67.7 Å². The molecule has 0 unspecified atom stereocenters. The maximum atomic E-state index is 12.7. The molecule has 2 fully saturated rings. The highest BCUT2D eigenvalue weighted by atomic mass is 32.1. The average Bonchev–Trinajstić information content (AvgIpc) is 3.33. The van der Waals surface area contributed by atoms with Gasteiger partial charge in [0.1, 0.15) is 0 Å². The van der Waals surface area contributed by atoms with Crippen molar-refractivity contribution >= 4 is 34.6 Å². The lowest BCUT2D eigenvalue weighted by Gasteiger charge is -2.35. The van der Waals surface area contributed by atoms with Crippen LogP contribution in [0.4, 0.5) is 16.2 Å². The maximum absolute atomic E-state index is 12.7. The van der Waals surface area contributed by atoms with Gasteiger partial charge >= 0.3 is 6.03 Å². The van der Waals surface area contributed by atoms with Crippen LogP contribution in [0.25, 0.3) is 0 Å². The monoisotopic (exact) mass is 454 g/mol. The van der Waals surface area contributed by atoms with Gasteiger partial charge in [-0.1, -0.05) is 0 Å². The molecule has 3 aliphatic rings. The van der Waals surface area contributed by atoms with E-state index in [0.717, 1.165) is 38.0 Å². The van der Waals surface area contributed by atoms with Gasteiger partial charge in [0.25, 0.3) is 0 Å². The molecule has 1 N–H and O–H groups in total. The van der Waals surface area contributed by atoms with Gasteiger partial charge in [-0.05, 0) is 60.5 Å². The van der Waals surface area contributed by atoms with Gasteiger partial charge in [0, 0.05) is 61.4 Å². The van der Waals surface area contributed by atoms with E-state index >= 15 is 0 Å². The Kier molecular flexibility index (Phi) is 6.32. The standard InChI is InChI=1S/C24H30N4O3S/c29-23(26-12-14-31-15-13-26)18-5-9-27(10-6-18)24(30)25-20-1-3-21(4-2-20)28-11-7-22-19(17-28)8-16-32-22/h1-4,8,16,18H,5-7,9-15,17H2,(H,25,30). The number of morpholine rings is 1. The number of amides is 3. The van der Waals surface area contributed by atoms with Gasteiger partial charge in [-0.3, -0.25) is 4.79 Å². The molecule has 5 rings (SSSR count). The number of hydrogen-bond donors (Lipinski definition) is 1. The number of nitrogens with one attached hydrogen (secondary N) is 1. The summed E-state index contributed by atoms with van der Waals surface area (Å²) in [5.74, 6) is 0.237. The second-order valence-electron chi connectivity index (χ2n) is 8.72. The molecule has 1 aromatic heterocycles. The number of carbonyl (C=O) groups excluding carboxylic acids is 2. The summed E-state index contributed by atoms with van der Waals surface area (Å²) in [6, 6.07) is 10.3. The first kappa shape index (κ1) is 21.3. The van der Waals surface area contributed by atoms with Crippen molar-refractivity contribution in [3.8, 4) is 0 Å². The topological polar surface area (TPSA) is 65.1 Å². The van der Waals surface area contributed by atoms with Gasteiger partial charge in [-0.2, -0.15) is 0 Å². The Balaban J connectivity index is 1.11. The van der Waals surface area contributed by atoms with Gasteiger partial charge in [0.2, 0.25) is 5.91 Å². The number of nitrogens with zero attached hydrogens (tertiary/aromatic N) is 3. The van der Waals surface area contributed by atoms with Crippen molar-refractivity contribution in [2.75, 3.05) is 56.2 Å². The molecule has 1 aromatic carbocycles. The fraction of sp³-hybridized carbons (Fsp3) is 0.500. The van der Waals surface area contributed by atoms with E-state index in [-0.39, 0.29) is 17.9 Å². The number of urea groups is 1. The minimum absolute atomic E-state index is 0.0183. The fourth-order valence-corrected chi connectivity index (χ4v) is 5.69. The smallest absolute Gasteiger partial charge is 0.321 e. The summed E-state index contributed by atoms with van der Waals surface area (Å²) >= 11 is 1.85. The lowest BCUT2D eigenvalue weighted by atomic mass is 9.95. The van der Waals surface area contributed by atoms with Crippen molar-refractivity contribution in [1.29, 1.82) is 0 Å². The molecule has 170 valence electrons. The molecule has 0 bridgehead atoms. The summed E-state index contributed by atoms with van der Waals surface area (Å²) in [6.07, 6.45) is 2.54. The van der Waals surface area contributed by atoms with E-state index in [0.29, 0.717) is 39.4 Å². The first-order chi connectivity index (χ1) is 15.7. The number of benzene rings is 1. The van der Waals surface area contributed by atoms with Crippen LogP contribution in [0.2, 0.25) is 0 Å². The predicted octanol–water partition coefficient (Wildman–Crippen LogP) is 3.41. The SMILES string of the molecule is O=C(Nc1ccc(N2CCc3sccc3C2)cc1)N1CCC(C(=O)N2CCOCC2)CC1. The van der Waals surface area contributed by atoms with Crippen molar-refractivity contribution in [2.24, 2.45) is 5.92 Å². The zero-order valence-electron chi connectivity index (χ0n) is 18.3. The minimum atomic E-state index is -0.0871. The Morgan fingerprint density at radius 3 is 2.44 bits per heavy atom. The van der Waals surface area contributed by atoms with E-state index in [1.54, 1.807) is 0 Å². The van der Waals surface area contributed by atoms with Gasteiger partial charge in [-0.15, -0.1) is 11.3 Å². The molecule has 7 nitrogen and oxygen atoms in total. The summed E-state index contributed by atoms with van der Waals surface area (Å²) in [5.41, 5.74) is 3.41. The summed E-state index contributed by atoms with van der Waals surface area (Å²) in [7, 11) is 0. The molecular formula is C24H30N4O3S. The quantitative estimate of drug-likeness (QED) is 0.772. The molecule has 0 saturated carbocycles. The number of fused-ring (bicyclic) bond motifs is 1. The van der Waals surface area contributed by atoms with Gasteiger partial charge < -0.3 is 24.8 Å². The van der Waals surface area contributed by atoms with Crippen molar-refractivity contribution in [1.82, 2.24) is 9.80 Å². The molecule has 4 heterocycles. The van der Waals surface area contributed by atoms with Gasteiger partial charge in [0.05, 0.1) is 13.2 Å². The molecule has 2 saturated heterocycles. The van der Waals surface area contributed by atoms with Crippen LogP contribution in [-0.2, 0) is 22.5 Å². The number of anilines is 2. The van der Waals surface area contributed by atoms with E-state index < -0.39 is 0 Å². The Labute approximate surface area is 192 Å². The lowest BCUT2D eigenvalue weighted by Crippen LogP contribution is -2.48. The van der Waals surface area contributed by atoms with Crippen molar-refractivity contribution < 1.29 is 14.3 Å². The summed E-state index contributed by atoms with van der Waals surface area (Å²) < 4.78 is 5.34. The van der Waals surface area contributed by atoms with Crippen molar-refractivity contribution in [2.45, 2.75) is 25.8 Å². The number of likely N-dealkylation sites (tertiary alicyclic amines) is 1. The number of ether oxygens (including phenoxy) is 1. The molecule has 0 aliphatic carbocycles. The number of piperidine rings is 1. The van der Waals surface area contributed by atoms with E-state index in [2.05, 4.69) is 33.8 Å². The van der Waals surface area contributed by atoms with E-state index in [4.69, 9.17) is 4.74 Å². The summed E-state index contributed by atoms with van der Waals surface area (Å²) in [5, 5.41) is 5.19. The fourth-order valence-electron chi connectivity index (χ4n) is 4.80. The van der Waals surface area contributed by atoms with Gasteiger partial charge in [0.15, 0.2) is 0 Å². The number of carbonyl (C=O) groups is 2. The third kappa shape index (κ3) is 4.61. The third-order valence-electron chi connectivity index (χ3n) is 6.75. The third-order valence-corrected chi connectivity index (χ3v) is 7.77. The number of thiophene rings is 1. The zero-order valence-corrected chi connectivity index (χ0v) is 19.1. The van der Waals surface area contributed by atoms with E-state index in [1.807, 2.05) is 33.3 Å². The van der Waals surface area contributed by atoms with Crippen LogP contribution < -0.4 is 10.2 Å². The first-order valence-electron chi connectivity index (χ1n) is 11.5. The highest BCUT2D eigenvalue weighted by Gasteiger charge is 2.31. The molecule has 2 aromatic rings. The predicted molar refractivity (Wildman–Crippen MR) is 126 cm³/mol. The Hall–Kier alpha value is -2.58. The molecule has 0 spiro atoms. The zero-order chi connectivity index (χ0) is 21.9. The maximum Gasteiger partial charge on any atom is 0.321 e. The highest BCUT2D eigenvalue weighted by Crippen LogP contribution is 2.28. The minimum Gasteiger partial charge on any atom is -0.378 e. The van der Waals surface area contributed by atoms with Crippen molar-refractivity contribution in [3.63, 3.8) is 0 Å². The Morgan fingerprint density at radius 2 is 1.69 bits per heavy atom. The second kappa shape index (κ2) is 9.50. The van der Waals surface area contributed by atoms with Gasteiger partial charge in [-0.25, -0.2) is 4.79 Å². The van der Waals surface area contributed by atoms with Crippen LogP contribution >= 0.6 is 11.3 Å². The van der Waals surface area contributed by atoms with Crippen LogP contribution in [0.1, 0.15) is 23.3 Å². The molecule has 3 amide bonds. The second-order valence-corrected chi connectivity index (χ2v) is 9.72. The summed E-state index contributed by atoms with van der Waals surface area (Å²) in [6.45, 7) is 5.81. The molecule has 8 heteroatoms. The highest BCUT2D eigenvalue weighted by molar-refractivity contribution is 7.10. The van der Waals surface area contributed by atoms with Crippen LogP contribution in [0.3, 0.4) is 0 Å². The number of hydrogen-bond acceptors (Lipinski definition) is 5. The molecule has 32 heavy (non-hydrogen) atoms. The normalized spacial score (nSPS) is 19.6. The lowest BCUT2D eigenvalue weighted by molar-refractivity contribution is -0.140. The average molecular weight is 455 g/mol. The summed E-state index contributed by atoms with van der Waals surface area (Å²) in [4.78, 5) is 33.0. The first-order valence-corrected chi connectivity index (χ1v) is 12.4. The molecule has 0 atom stereocenters. The van der Waals surface area contributed by atoms with Crippen LogP contribution in [0.15, 0.2) is 35.7 Å². The van der Waals surface area contributed by atoms with E-state index in [9.17, 15) is 9.59 Å². The van der Waals surface area contributed by atoms with Crippen LogP contribution in [0.5, 0.6) is 0 Å². The molecular weight excluding hydrogens is 424 g/mol. The van der Waals surface area contributed by atoms with E-state index in [1.165, 1.54) is 16.1 Å². The van der Waals surface area contributed by atoms with Crippen LogP contribution in [0, 0.1) is 5.92 Å². The largest absolute Gasteiger partial charge is 0.378 e.